The first-order valence-corrected chi connectivity index (χ1v) is 5.03. The normalized spacial score (nSPS) is 42.3. The summed E-state index contributed by atoms with van der Waals surface area (Å²) in [6.45, 7) is 4.51. The van der Waals surface area contributed by atoms with Crippen molar-refractivity contribution in [2.24, 2.45) is 11.8 Å². The molecule has 3 atom stereocenters. The number of rotatable bonds is 2. The van der Waals surface area contributed by atoms with E-state index in [9.17, 15) is 0 Å². The van der Waals surface area contributed by atoms with Crippen LogP contribution in [0.1, 0.15) is 39.5 Å². The van der Waals surface area contributed by atoms with E-state index in [0.29, 0.717) is 6.04 Å². The predicted octanol–water partition coefficient (Wildman–Crippen LogP) is 2.17. The summed E-state index contributed by atoms with van der Waals surface area (Å²) < 4.78 is 0. The third-order valence-electron chi connectivity index (χ3n) is 3.39. The lowest BCUT2D eigenvalue weighted by Gasteiger charge is -2.35. The van der Waals surface area contributed by atoms with Crippen LogP contribution in [0.2, 0.25) is 0 Å². The molecule has 2 saturated carbocycles. The Morgan fingerprint density at radius 1 is 1.09 bits per heavy atom. The van der Waals surface area contributed by atoms with Crippen molar-refractivity contribution in [2.75, 3.05) is 0 Å². The summed E-state index contributed by atoms with van der Waals surface area (Å²) in [6, 6.07) is 1.55. The molecule has 0 amide bonds. The van der Waals surface area contributed by atoms with E-state index < -0.39 is 0 Å². The Bertz CT molecular complexity index is 142. The van der Waals surface area contributed by atoms with Crippen LogP contribution in [-0.4, -0.2) is 12.1 Å². The zero-order valence-electron chi connectivity index (χ0n) is 7.64. The molecule has 64 valence electrons. The average molecular weight is 153 g/mol. The van der Waals surface area contributed by atoms with Gasteiger partial charge in [0, 0.05) is 12.1 Å². The molecule has 2 aliphatic carbocycles. The highest BCUT2D eigenvalue weighted by molar-refractivity contribution is 4.96. The topological polar surface area (TPSA) is 12.0 Å². The van der Waals surface area contributed by atoms with Gasteiger partial charge in [-0.05, 0) is 37.5 Å². The zero-order valence-corrected chi connectivity index (χ0v) is 7.64. The molecule has 2 aliphatic rings. The maximum Gasteiger partial charge on any atom is 0.0100 e. The molecule has 0 spiro atoms. The van der Waals surface area contributed by atoms with Gasteiger partial charge < -0.3 is 5.32 Å². The van der Waals surface area contributed by atoms with E-state index in [1.807, 2.05) is 0 Å². The average Bonchev–Trinajstić information content (AvgIpc) is 2.05. The van der Waals surface area contributed by atoms with Crippen LogP contribution in [0.25, 0.3) is 0 Å². The summed E-state index contributed by atoms with van der Waals surface area (Å²) in [6.07, 6.45) is 5.94. The molecule has 2 fully saturated rings. The molecule has 1 nitrogen and oxygen atoms in total. The van der Waals surface area contributed by atoms with Crippen molar-refractivity contribution in [3.63, 3.8) is 0 Å². The number of nitrogens with one attached hydrogen (secondary N) is 1. The molecule has 0 heterocycles. The molecular formula is C10H19N. The molecule has 1 N–H and O–H groups in total. The summed E-state index contributed by atoms with van der Waals surface area (Å²) in [4.78, 5) is 0. The highest BCUT2D eigenvalue weighted by Crippen LogP contribution is 2.46. The number of hydrogen-bond acceptors (Lipinski definition) is 1. The number of hydrogen-bond donors (Lipinski definition) is 1. The highest BCUT2D eigenvalue weighted by atomic mass is 15.0. The Morgan fingerprint density at radius 3 is 2.27 bits per heavy atom. The van der Waals surface area contributed by atoms with Crippen molar-refractivity contribution < 1.29 is 0 Å². The summed E-state index contributed by atoms with van der Waals surface area (Å²) >= 11 is 0. The first kappa shape index (κ1) is 7.60. The third kappa shape index (κ3) is 1.31. The summed E-state index contributed by atoms with van der Waals surface area (Å²) in [5.41, 5.74) is 0. The van der Waals surface area contributed by atoms with Gasteiger partial charge in [-0.1, -0.05) is 13.8 Å². The minimum Gasteiger partial charge on any atom is -0.311 e. The van der Waals surface area contributed by atoms with E-state index in [-0.39, 0.29) is 0 Å². The van der Waals surface area contributed by atoms with Crippen LogP contribution in [-0.2, 0) is 0 Å². The van der Waals surface area contributed by atoms with Crippen LogP contribution in [0.4, 0.5) is 0 Å². The fourth-order valence-electron chi connectivity index (χ4n) is 2.73. The summed E-state index contributed by atoms with van der Waals surface area (Å²) in [7, 11) is 0. The SMILES string of the molecule is CC(C)NC1CCC2CCC21. The largest absolute Gasteiger partial charge is 0.311 e. The molecule has 1 heteroatoms. The van der Waals surface area contributed by atoms with E-state index in [2.05, 4.69) is 19.2 Å². The standard InChI is InChI=1S/C10H19N/c1-7(2)11-10-6-4-8-3-5-9(8)10/h7-11H,3-6H2,1-2H3. The molecule has 2 rings (SSSR count). The fraction of sp³-hybridized carbons (Fsp3) is 1.00. The predicted molar refractivity (Wildman–Crippen MR) is 47.5 cm³/mol. The van der Waals surface area contributed by atoms with Gasteiger partial charge in [0.15, 0.2) is 0 Å². The second kappa shape index (κ2) is 2.78. The van der Waals surface area contributed by atoms with Crippen LogP contribution in [0.15, 0.2) is 0 Å². The molecule has 0 aromatic carbocycles. The van der Waals surface area contributed by atoms with Gasteiger partial charge in [-0.3, -0.25) is 0 Å². The molecule has 0 aliphatic heterocycles. The van der Waals surface area contributed by atoms with Crippen LogP contribution in [0, 0.1) is 11.8 Å². The van der Waals surface area contributed by atoms with Gasteiger partial charge in [0.2, 0.25) is 0 Å². The van der Waals surface area contributed by atoms with Crippen molar-refractivity contribution >= 4 is 0 Å². The first-order valence-electron chi connectivity index (χ1n) is 5.03. The van der Waals surface area contributed by atoms with Crippen LogP contribution >= 0.6 is 0 Å². The van der Waals surface area contributed by atoms with Crippen LogP contribution in [0.3, 0.4) is 0 Å². The van der Waals surface area contributed by atoms with E-state index in [0.717, 1.165) is 17.9 Å². The minimum atomic E-state index is 0.680. The third-order valence-corrected chi connectivity index (χ3v) is 3.39. The quantitative estimate of drug-likeness (QED) is 0.641. The van der Waals surface area contributed by atoms with Gasteiger partial charge in [0.25, 0.3) is 0 Å². The minimum absolute atomic E-state index is 0.680. The maximum absolute atomic E-state index is 3.67. The Hall–Kier alpha value is -0.0400. The monoisotopic (exact) mass is 153 g/mol. The summed E-state index contributed by atoms with van der Waals surface area (Å²) in [5.74, 6) is 2.16. The molecule has 0 aromatic rings. The molecule has 0 saturated heterocycles. The van der Waals surface area contributed by atoms with Crippen molar-refractivity contribution in [3.05, 3.63) is 0 Å². The molecule has 0 bridgehead atoms. The Kier molecular flexibility index (Phi) is 1.92. The van der Waals surface area contributed by atoms with Crippen LogP contribution in [0.5, 0.6) is 0 Å². The lowest BCUT2D eigenvalue weighted by molar-refractivity contribution is 0.182. The van der Waals surface area contributed by atoms with Gasteiger partial charge >= 0.3 is 0 Å². The van der Waals surface area contributed by atoms with Gasteiger partial charge in [-0.15, -0.1) is 0 Å². The molecule has 0 radical (unpaired) electrons. The van der Waals surface area contributed by atoms with Gasteiger partial charge in [-0.25, -0.2) is 0 Å². The zero-order chi connectivity index (χ0) is 7.84. The van der Waals surface area contributed by atoms with E-state index >= 15 is 0 Å². The molecule has 0 aromatic heterocycles. The smallest absolute Gasteiger partial charge is 0.0100 e. The summed E-state index contributed by atoms with van der Waals surface area (Å²) in [5, 5.41) is 3.67. The Labute approximate surface area is 69.6 Å². The lowest BCUT2D eigenvalue weighted by atomic mass is 9.75. The van der Waals surface area contributed by atoms with E-state index in [4.69, 9.17) is 0 Å². The van der Waals surface area contributed by atoms with Crippen LogP contribution < -0.4 is 5.32 Å². The highest BCUT2D eigenvalue weighted by Gasteiger charge is 2.41. The van der Waals surface area contributed by atoms with Crippen molar-refractivity contribution in [2.45, 2.75) is 51.6 Å². The lowest BCUT2D eigenvalue weighted by Crippen LogP contribution is -2.41. The van der Waals surface area contributed by atoms with E-state index in [1.165, 1.54) is 25.7 Å². The Morgan fingerprint density at radius 2 is 1.82 bits per heavy atom. The second-order valence-corrected chi connectivity index (χ2v) is 4.51. The van der Waals surface area contributed by atoms with Crippen molar-refractivity contribution in [1.82, 2.24) is 5.32 Å². The molecule has 11 heavy (non-hydrogen) atoms. The Balaban J connectivity index is 1.85. The van der Waals surface area contributed by atoms with Gasteiger partial charge in [0.05, 0.1) is 0 Å². The fourth-order valence-corrected chi connectivity index (χ4v) is 2.73. The van der Waals surface area contributed by atoms with Gasteiger partial charge in [0.1, 0.15) is 0 Å². The second-order valence-electron chi connectivity index (χ2n) is 4.51. The first-order chi connectivity index (χ1) is 5.27. The van der Waals surface area contributed by atoms with Crippen molar-refractivity contribution in [1.29, 1.82) is 0 Å². The maximum atomic E-state index is 3.67. The van der Waals surface area contributed by atoms with Crippen molar-refractivity contribution in [3.8, 4) is 0 Å². The molecule has 3 unspecified atom stereocenters. The van der Waals surface area contributed by atoms with Gasteiger partial charge in [-0.2, -0.15) is 0 Å². The molecular weight excluding hydrogens is 134 g/mol. The van der Waals surface area contributed by atoms with E-state index in [1.54, 1.807) is 0 Å². The number of fused-ring (bicyclic) bond motifs is 1.